The molecular formula is C20H28N4O5. The van der Waals surface area contributed by atoms with Crippen molar-refractivity contribution in [1.82, 2.24) is 14.7 Å². The number of urea groups is 1. The average molecular weight is 404 g/mol. The topological polar surface area (TPSA) is 83.6 Å². The maximum absolute atomic E-state index is 12.9. The zero-order chi connectivity index (χ0) is 20.2. The molecule has 0 bridgehead atoms. The Morgan fingerprint density at radius 3 is 2.83 bits per heavy atom. The van der Waals surface area contributed by atoms with Crippen LogP contribution in [0.1, 0.15) is 6.42 Å². The van der Waals surface area contributed by atoms with Gasteiger partial charge in [0.05, 0.1) is 6.61 Å². The molecule has 2 saturated heterocycles. The molecule has 1 aromatic carbocycles. The van der Waals surface area contributed by atoms with Gasteiger partial charge in [0, 0.05) is 58.1 Å². The van der Waals surface area contributed by atoms with Crippen LogP contribution in [0.5, 0.6) is 11.5 Å². The van der Waals surface area contributed by atoms with Gasteiger partial charge in [-0.25, -0.2) is 4.79 Å². The molecule has 0 saturated carbocycles. The standard InChI is InChI=1S/C20H28N4O5/c1-27-10-9-23-8-7-22-5-2-6-24(14-16(22)19(23)25)20(26)21-15-3-4-17-18(13-15)29-12-11-28-17/h3-4,13,16H,2,5-12,14H2,1H3,(H,21,26). The lowest BCUT2D eigenvalue weighted by Gasteiger charge is -2.40. The van der Waals surface area contributed by atoms with Crippen LogP contribution < -0.4 is 14.8 Å². The van der Waals surface area contributed by atoms with Crippen molar-refractivity contribution >= 4 is 17.6 Å². The number of hydrogen-bond donors (Lipinski definition) is 1. The predicted octanol–water partition coefficient (Wildman–Crippen LogP) is 0.855. The molecule has 3 amide bonds. The van der Waals surface area contributed by atoms with E-state index in [1.165, 1.54) is 0 Å². The lowest BCUT2D eigenvalue weighted by atomic mass is 10.1. The lowest BCUT2D eigenvalue weighted by molar-refractivity contribution is -0.142. The molecule has 1 N–H and O–H groups in total. The van der Waals surface area contributed by atoms with Crippen molar-refractivity contribution in [3.8, 4) is 11.5 Å². The fourth-order valence-electron chi connectivity index (χ4n) is 4.04. The third-order valence-corrected chi connectivity index (χ3v) is 5.61. The third-order valence-electron chi connectivity index (χ3n) is 5.61. The summed E-state index contributed by atoms with van der Waals surface area (Å²) >= 11 is 0. The largest absolute Gasteiger partial charge is 0.486 e. The second-order valence-electron chi connectivity index (χ2n) is 7.46. The molecule has 3 aliphatic heterocycles. The first kappa shape index (κ1) is 19.8. The normalized spacial score (nSPS) is 22.1. The summed E-state index contributed by atoms with van der Waals surface area (Å²) in [5.74, 6) is 1.39. The van der Waals surface area contributed by atoms with Gasteiger partial charge in [-0.15, -0.1) is 0 Å². The van der Waals surface area contributed by atoms with Gasteiger partial charge in [-0.1, -0.05) is 0 Å². The molecular weight excluding hydrogens is 376 g/mol. The fourth-order valence-corrected chi connectivity index (χ4v) is 4.04. The number of amides is 3. The molecule has 0 aromatic heterocycles. The Labute approximate surface area is 170 Å². The Morgan fingerprint density at radius 1 is 1.17 bits per heavy atom. The molecule has 9 heteroatoms. The monoisotopic (exact) mass is 404 g/mol. The van der Waals surface area contributed by atoms with E-state index in [2.05, 4.69) is 10.2 Å². The van der Waals surface area contributed by atoms with Crippen LogP contribution in [-0.2, 0) is 9.53 Å². The Hall–Kier alpha value is -2.52. The van der Waals surface area contributed by atoms with Crippen molar-refractivity contribution in [3.63, 3.8) is 0 Å². The van der Waals surface area contributed by atoms with Gasteiger partial charge in [0.2, 0.25) is 5.91 Å². The zero-order valence-corrected chi connectivity index (χ0v) is 16.8. The molecule has 1 atom stereocenters. The molecule has 1 aromatic rings. The Balaban J connectivity index is 1.41. The van der Waals surface area contributed by atoms with Crippen LogP contribution >= 0.6 is 0 Å². The van der Waals surface area contributed by atoms with Crippen molar-refractivity contribution in [2.24, 2.45) is 0 Å². The summed E-state index contributed by atoms with van der Waals surface area (Å²) < 4.78 is 16.2. The SMILES string of the molecule is COCCN1CCN2CCCN(C(=O)Nc3ccc4c(c3)OCCO4)CC2C1=O. The van der Waals surface area contributed by atoms with Crippen LogP contribution in [-0.4, -0.2) is 98.9 Å². The van der Waals surface area contributed by atoms with E-state index >= 15 is 0 Å². The van der Waals surface area contributed by atoms with Gasteiger partial charge in [0.25, 0.3) is 0 Å². The number of hydrogen-bond acceptors (Lipinski definition) is 6. The van der Waals surface area contributed by atoms with Crippen LogP contribution in [0.15, 0.2) is 18.2 Å². The maximum Gasteiger partial charge on any atom is 0.321 e. The number of nitrogens with zero attached hydrogens (tertiary/aromatic N) is 3. The number of ether oxygens (including phenoxy) is 3. The van der Waals surface area contributed by atoms with Gasteiger partial charge < -0.3 is 29.3 Å². The van der Waals surface area contributed by atoms with Gasteiger partial charge in [-0.05, 0) is 18.6 Å². The first-order chi connectivity index (χ1) is 14.2. The highest BCUT2D eigenvalue weighted by Gasteiger charge is 2.38. The smallest absolute Gasteiger partial charge is 0.321 e. The minimum atomic E-state index is -0.297. The van der Waals surface area contributed by atoms with E-state index in [1.54, 1.807) is 30.2 Å². The minimum Gasteiger partial charge on any atom is -0.486 e. The number of piperazine rings is 1. The Morgan fingerprint density at radius 2 is 2.00 bits per heavy atom. The number of methoxy groups -OCH3 is 1. The minimum absolute atomic E-state index is 0.0762. The molecule has 3 heterocycles. The number of nitrogens with one attached hydrogen (secondary N) is 1. The molecule has 2 fully saturated rings. The van der Waals surface area contributed by atoms with Crippen molar-refractivity contribution < 1.29 is 23.8 Å². The van der Waals surface area contributed by atoms with Gasteiger partial charge >= 0.3 is 6.03 Å². The van der Waals surface area contributed by atoms with Crippen molar-refractivity contribution in [3.05, 3.63) is 18.2 Å². The summed E-state index contributed by atoms with van der Waals surface area (Å²) in [6.07, 6.45) is 0.844. The van der Waals surface area contributed by atoms with Crippen LogP contribution in [0.3, 0.4) is 0 Å². The van der Waals surface area contributed by atoms with Crippen molar-refractivity contribution in [2.45, 2.75) is 12.5 Å². The molecule has 3 aliphatic rings. The zero-order valence-electron chi connectivity index (χ0n) is 16.8. The van der Waals surface area contributed by atoms with Gasteiger partial charge in [0.1, 0.15) is 19.3 Å². The van der Waals surface area contributed by atoms with Crippen LogP contribution in [0.2, 0.25) is 0 Å². The number of fused-ring (bicyclic) bond motifs is 2. The summed E-state index contributed by atoms with van der Waals surface area (Å²) in [5, 5.41) is 2.93. The highest BCUT2D eigenvalue weighted by atomic mass is 16.6. The van der Waals surface area contributed by atoms with Gasteiger partial charge in [-0.3, -0.25) is 9.69 Å². The summed E-state index contributed by atoms with van der Waals surface area (Å²) in [4.78, 5) is 31.6. The second-order valence-corrected chi connectivity index (χ2v) is 7.46. The Kier molecular flexibility index (Phi) is 6.05. The predicted molar refractivity (Wildman–Crippen MR) is 106 cm³/mol. The quantitative estimate of drug-likeness (QED) is 0.801. The van der Waals surface area contributed by atoms with Crippen LogP contribution in [0.4, 0.5) is 10.5 Å². The first-order valence-corrected chi connectivity index (χ1v) is 10.1. The third kappa shape index (κ3) is 4.40. The van der Waals surface area contributed by atoms with E-state index in [0.29, 0.717) is 63.2 Å². The van der Waals surface area contributed by atoms with Gasteiger partial charge in [0.15, 0.2) is 11.5 Å². The number of rotatable bonds is 4. The van der Waals surface area contributed by atoms with Crippen LogP contribution in [0, 0.1) is 0 Å². The lowest BCUT2D eigenvalue weighted by Crippen LogP contribution is -2.60. The maximum atomic E-state index is 12.9. The highest BCUT2D eigenvalue weighted by molar-refractivity contribution is 5.91. The molecule has 0 spiro atoms. The van der Waals surface area contributed by atoms with E-state index in [1.807, 2.05) is 4.90 Å². The summed E-state index contributed by atoms with van der Waals surface area (Å²) in [6, 6.07) is 4.87. The summed E-state index contributed by atoms with van der Waals surface area (Å²) in [5.41, 5.74) is 0.650. The molecule has 29 heavy (non-hydrogen) atoms. The number of carbonyl (C=O) groups is 2. The fraction of sp³-hybridized carbons (Fsp3) is 0.600. The molecule has 0 aliphatic carbocycles. The van der Waals surface area contributed by atoms with E-state index in [0.717, 1.165) is 19.5 Å². The number of benzene rings is 1. The molecule has 1 unspecified atom stereocenters. The highest BCUT2D eigenvalue weighted by Crippen LogP contribution is 2.32. The summed E-state index contributed by atoms with van der Waals surface area (Å²) in [6.45, 7) is 5.50. The average Bonchev–Trinajstić information content (AvgIpc) is 2.96. The number of carbonyl (C=O) groups excluding carboxylic acids is 2. The van der Waals surface area contributed by atoms with E-state index < -0.39 is 0 Å². The molecule has 9 nitrogen and oxygen atoms in total. The van der Waals surface area contributed by atoms with E-state index in [9.17, 15) is 9.59 Å². The van der Waals surface area contributed by atoms with Crippen molar-refractivity contribution in [2.75, 3.05) is 71.5 Å². The van der Waals surface area contributed by atoms with Crippen LogP contribution in [0.25, 0.3) is 0 Å². The number of anilines is 1. The van der Waals surface area contributed by atoms with Crippen molar-refractivity contribution in [1.29, 1.82) is 0 Å². The summed E-state index contributed by atoms with van der Waals surface area (Å²) in [7, 11) is 1.64. The molecule has 4 rings (SSSR count). The van der Waals surface area contributed by atoms with Gasteiger partial charge in [-0.2, -0.15) is 0 Å². The Bertz CT molecular complexity index is 758. The first-order valence-electron chi connectivity index (χ1n) is 10.1. The molecule has 0 radical (unpaired) electrons. The van der Waals surface area contributed by atoms with E-state index in [4.69, 9.17) is 14.2 Å². The second kappa shape index (κ2) is 8.87. The molecule has 158 valence electrons. The van der Waals surface area contributed by atoms with E-state index in [-0.39, 0.29) is 18.0 Å².